The third-order valence-electron chi connectivity index (χ3n) is 3.46. The van der Waals surface area contributed by atoms with E-state index in [0.29, 0.717) is 5.69 Å². The number of amides is 1. The Balaban J connectivity index is 1.83. The number of benzene rings is 1. The second-order valence-corrected chi connectivity index (χ2v) is 8.75. The summed E-state index contributed by atoms with van der Waals surface area (Å²) in [6, 6.07) is 7.13. The minimum atomic E-state index is -3.73. The molecule has 22 heavy (non-hydrogen) atoms. The molecule has 6 nitrogen and oxygen atoms in total. The van der Waals surface area contributed by atoms with Crippen molar-refractivity contribution in [3.8, 4) is 5.69 Å². The highest BCUT2D eigenvalue weighted by atomic mass is 79.9. The van der Waals surface area contributed by atoms with Crippen molar-refractivity contribution in [1.29, 1.82) is 0 Å². The van der Waals surface area contributed by atoms with Gasteiger partial charge in [0.1, 0.15) is 5.25 Å². The number of rotatable bonds is 3. The van der Waals surface area contributed by atoms with Crippen LogP contribution in [0, 0.1) is 0 Å². The Morgan fingerprint density at radius 3 is 2.36 bits per heavy atom. The summed E-state index contributed by atoms with van der Waals surface area (Å²) >= 11 is 3.33. The highest BCUT2D eigenvalue weighted by molar-refractivity contribution is 9.10. The molecule has 0 spiro atoms. The van der Waals surface area contributed by atoms with Crippen LogP contribution in [0.2, 0.25) is 0 Å². The zero-order valence-electron chi connectivity index (χ0n) is 11.2. The van der Waals surface area contributed by atoms with Gasteiger partial charge in [-0.25, -0.2) is 13.1 Å². The maximum Gasteiger partial charge on any atom is 0.237 e. The maximum atomic E-state index is 12.0. The van der Waals surface area contributed by atoms with E-state index < -0.39 is 14.3 Å². The summed E-state index contributed by atoms with van der Waals surface area (Å²) in [5, 5.41) is 3.31. The SMILES string of the molecule is O=C1CC(S(=O)(=O)Cl)CN1c1ccc(-n2cc(Br)cn2)cc1. The normalized spacial score (nSPS) is 18.9. The Hall–Kier alpha value is -1.38. The average Bonchev–Trinajstić information content (AvgIpc) is 3.05. The van der Waals surface area contributed by atoms with Crippen LogP contribution in [0.25, 0.3) is 5.69 Å². The first-order chi connectivity index (χ1) is 10.3. The Labute approximate surface area is 140 Å². The van der Waals surface area contributed by atoms with Gasteiger partial charge < -0.3 is 4.90 Å². The van der Waals surface area contributed by atoms with Gasteiger partial charge in [0.05, 0.1) is 16.4 Å². The van der Waals surface area contributed by atoms with E-state index in [4.69, 9.17) is 10.7 Å². The average molecular weight is 405 g/mol. The molecular formula is C13H11BrClN3O3S. The van der Waals surface area contributed by atoms with Crippen LogP contribution >= 0.6 is 26.6 Å². The van der Waals surface area contributed by atoms with Crippen LogP contribution in [0.3, 0.4) is 0 Å². The standard InChI is InChI=1S/C13H11BrClN3O3S/c14-9-6-16-18(7-9)11-3-1-10(2-4-11)17-8-12(5-13(17)19)22(15,20)21/h1-4,6-7,12H,5,8H2. The second kappa shape index (κ2) is 5.68. The summed E-state index contributed by atoms with van der Waals surface area (Å²) < 4.78 is 25.3. The number of hydrogen-bond acceptors (Lipinski definition) is 4. The molecule has 2 aromatic rings. The van der Waals surface area contributed by atoms with Crippen molar-refractivity contribution >= 4 is 47.3 Å². The highest BCUT2D eigenvalue weighted by Crippen LogP contribution is 2.27. The summed E-state index contributed by atoms with van der Waals surface area (Å²) in [4.78, 5) is 13.4. The zero-order valence-corrected chi connectivity index (χ0v) is 14.3. The van der Waals surface area contributed by atoms with Gasteiger partial charge in [-0.05, 0) is 40.2 Å². The lowest BCUT2D eigenvalue weighted by Gasteiger charge is -2.16. The van der Waals surface area contributed by atoms with Gasteiger partial charge in [0.2, 0.25) is 15.0 Å². The predicted molar refractivity (Wildman–Crippen MR) is 86.8 cm³/mol. The van der Waals surface area contributed by atoms with Gasteiger partial charge in [0.25, 0.3) is 0 Å². The minimum Gasteiger partial charge on any atom is -0.311 e. The van der Waals surface area contributed by atoms with Gasteiger partial charge in [0.15, 0.2) is 0 Å². The number of carbonyl (C=O) groups is 1. The van der Waals surface area contributed by atoms with E-state index in [2.05, 4.69) is 21.0 Å². The lowest BCUT2D eigenvalue weighted by Crippen LogP contribution is -2.26. The predicted octanol–water partition coefficient (Wildman–Crippen LogP) is 2.31. The first kappa shape index (κ1) is 15.5. The molecule has 0 bridgehead atoms. The second-order valence-electron chi connectivity index (χ2n) is 4.93. The number of nitrogens with zero attached hydrogens (tertiary/aromatic N) is 3. The molecule has 2 heterocycles. The Morgan fingerprint density at radius 2 is 1.86 bits per heavy atom. The van der Waals surface area contributed by atoms with Crippen LogP contribution < -0.4 is 4.90 Å². The molecule has 1 unspecified atom stereocenters. The fourth-order valence-electron chi connectivity index (χ4n) is 2.34. The van der Waals surface area contributed by atoms with Crippen LogP contribution in [0.1, 0.15) is 6.42 Å². The first-order valence-corrected chi connectivity index (χ1v) is 9.55. The van der Waals surface area contributed by atoms with E-state index in [1.165, 1.54) is 4.90 Å². The van der Waals surface area contributed by atoms with Gasteiger partial charge in [-0.15, -0.1) is 0 Å². The fraction of sp³-hybridized carbons (Fsp3) is 0.231. The van der Waals surface area contributed by atoms with E-state index in [-0.39, 0.29) is 18.9 Å². The number of carbonyl (C=O) groups excluding carboxylic acids is 1. The van der Waals surface area contributed by atoms with Crippen molar-refractivity contribution in [2.24, 2.45) is 0 Å². The van der Waals surface area contributed by atoms with Gasteiger partial charge >= 0.3 is 0 Å². The summed E-state index contributed by atoms with van der Waals surface area (Å²) in [6.07, 6.45) is 3.40. The largest absolute Gasteiger partial charge is 0.311 e. The molecule has 1 aliphatic rings. The van der Waals surface area contributed by atoms with Crippen LogP contribution in [0.15, 0.2) is 41.1 Å². The fourth-order valence-corrected chi connectivity index (χ4v) is 3.65. The molecule has 9 heteroatoms. The van der Waals surface area contributed by atoms with Gasteiger partial charge in [-0.1, -0.05) is 0 Å². The molecule has 1 aromatic heterocycles. The summed E-state index contributed by atoms with van der Waals surface area (Å²) in [5.74, 6) is -0.246. The molecule has 116 valence electrons. The molecule has 0 radical (unpaired) electrons. The maximum absolute atomic E-state index is 12.0. The molecule has 1 saturated heterocycles. The first-order valence-electron chi connectivity index (χ1n) is 6.39. The minimum absolute atomic E-state index is 0.0807. The lowest BCUT2D eigenvalue weighted by atomic mass is 10.2. The summed E-state index contributed by atoms with van der Waals surface area (Å²) in [7, 11) is 1.61. The van der Waals surface area contributed by atoms with Crippen molar-refractivity contribution in [2.75, 3.05) is 11.4 Å². The Kier molecular flexibility index (Phi) is 4.00. The van der Waals surface area contributed by atoms with Crippen molar-refractivity contribution in [2.45, 2.75) is 11.7 Å². The molecular weight excluding hydrogens is 394 g/mol. The highest BCUT2D eigenvalue weighted by Gasteiger charge is 2.37. The molecule has 0 saturated carbocycles. The smallest absolute Gasteiger partial charge is 0.237 e. The molecule has 1 amide bonds. The number of halogens is 2. The monoisotopic (exact) mass is 403 g/mol. The van der Waals surface area contributed by atoms with Gasteiger partial charge in [0, 0.05) is 35.5 Å². The van der Waals surface area contributed by atoms with Crippen molar-refractivity contribution in [3.05, 3.63) is 41.1 Å². The van der Waals surface area contributed by atoms with Gasteiger partial charge in [-0.2, -0.15) is 5.10 Å². The van der Waals surface area contributed by atoms with E-state index in [1.54, 1.807) is 23.0 Å². The van der Waals surface area contributed by atoms with Crippen LogP contribution in [-0.4, -0.2) is 35.9 Å². The molecule has 0 N–H and O–H groups in total. The summed E-state index contributed by atoms with van der Waals surface area (Å²) in [6.45, 7) is 0.0807. The number of aromatic nitrogens is 2. The Morgan fingerprint density at radius 1 is 1.23 bits per heavy atom. The van der Waals surface area contributed by atoms with Crippen LogP contribution in [0.5, 0.6) is 0 Å². The third kappa shape index (κ3) is 3.04. The topological polar surface area (TPSA) is 72.3 Å². The van der Waals surface area contributed by atoms with Crippen molar-refractivity contribution in [3.63, 3.8) is 0 Å². The van der Waals surface area contributed by atoms with Gasteiger partial charge in [-0.3, -0.25) is 4.79 Å². The van der Waals surface area contributed by atoms with Crippen molar-refractivity contribution < 1.29 is 13.2 Å². The lowest BCUT2D eigenvalue weighted by molar-refractivity contribution is -0.117. The van der Waals surface area contributed by atoms with Crippen LogP contribution in [0.4, 0.5) is 5.69 Å². The molecule has 1 atom stereocenters. The van der Waals surface area contributed by atoms with E-state index in [0.717, 1.165) is 10.2 Å². The van der Waals surface area contributed by atoms with E-state index >= 15 is 0 Å². The third-order valence-corrected chi connectivity index (χ3v) is 5.74. The van der Waals surface area contributed by atoms with E-state index in [1.807, 2.05) is 18.3 Å². The molecule has 1 aromatic carbocycles. The molecule has 1 fully saturated rings. The summed E-state index contributed by atoms with van der Waals surface area (Å²) in [5.41, 5.74) is 1.48. The van der Waals surface area contributed by atoms with Crippen LogP contribution in [-0.2, 0) is 13.8 Å². The zero-order chi connectivity index (χ0) is 15.9. The quantitative estimate of drug-likeness (QED) is 0.736. The molecule has 0 aliphatic carbocycles. The number of anilines is 1. The van der Waals surface area contributed by atoms with Crippen molar-refractivity contribution in [1.82, 2.24) is 9.78 Å². The Bertz CT molecular complexity index is 819. The number of hydrogen-bond donors (Lipinski definition) is 0. The molecule has 3 rings (SSSR count). The molecule has 1 aliphatic heterocycles. The van der Waals surface area contributed by atoms with E-state index in [9.17, 15) is 13.2 Å².